The van der Waals surface area contributed by atoms with E-state index in [1.165, 1.54) is 31.2 Å². The fourth-order valence-electron chi connectivity index (χ4n) is 4.17. The summed E-state index contributed by atoms with van der Waals surface area (Å²) in [5.74, 6) is 1.62. The van der Waals surface area contributed by atoms with Crippen molar-refractivity contribution in [3.05, 3.63) is 35.9 Å². The first-order chi connectivity index (χ1) is 11.3. The number of benzene rings is 1. The standard InChI is InChI=1S/C20H30N2O.ClH/c23-20(10-9-16-11-13-21-14-12-16)22-19-8-4-7-18(19)15-17-5-2-1-3-6-17;/h1-3,5-6,16,18-19,21H,4,7-15H2,(H,22,23);1H. The Hall–Kier alpha value is -1.06. The molecule has 3 nitrogen and oxygen atoms in total. The Morgan fingerprint density at radius 2 is 1.83 bits per heavy atom. The molecule has 2 atom stereocenters. The van der Waals surface area contributed by atoms with Crippen molar-refractivity contribution in [3.63, 3.8) is 0 Å². The summed E-state index contributed by atoms with van der Waals surface area (Å²) in [5, 5.41) is 6.72. The minimum atomic E-state index is 0. The van der Waals surface area contributed by atoms with Crippen LogP contribution in [0.25, 0.3) is 0 Å². The molecule has 1 amide bonds. The molecule has 1 aromatic carbocycles. The Morgan fingerprint density at radius 1 is 1.08 bits per heavy atom. The van der Waals surface area contributed by atoms with Gasteiger partial charge in [0, 0.05) is 12.5 Å². The molecule has 2 unspecified atom stereocenters. The summed E-state index contributed by atoms with van der Waals surface area (Å²) in [6.45, 7) is 2.24. The molecule has 1 heterocycles. The third-order valence-corrected chi connectivity index (χ3v) is 5.58. The Kier molecular flexibility index (Phi) is 8.07. The van der Waals surface area contributed by atoms with Crippen molar-refractivity contribution in [1.29, 1.82) is 0 Å². The lowest BCUT2D eigenvalue weighted by Crippen LogP contribution is -2.38. The first-order valence-corrected chi connectivity index (χ1v) is 9.35. The fourth-order valence-corrected chi connectivity index (χ4v) is 4.17. The maximum Gasteiger partial charge on any atom is 0.220 e. The van der Waals surface area contributed by atoms with Crippen molar-refractivity contribution in [1.82, 2.24) is 10.6 Å². The van der Waals surface area contributed by atoms with Gasteiger partial charge in [-0.3, -0.25) is 4.79 Å². The monoisotopic (exact) mass is 350 g/mol. The number of amides is 1. The zero-order valence-corrected chi connectivity index (χ0v) is 15.3. The average Bonchev–Trinajstić information content (AvgIpc) is 3.02. The lowest BCUT2D eigenvalue weighted by molar-refractivity contribution is -0.122. The minimum Gasteiger partial charge on any atom is -0.353 e. The van der Waals surface area contributed by atoms with Crippen LogP contribution in [0, 0.1) is 11.8 Å². The van der Waals surface area contributed by atoms with Crippen molar-refractivity contribution in [3.8, 4) is 0 Å². The molecule has 2 N–H and O–H groups in total. The predicted molar refractivity (Wildman–Crippen MR) is 101 cm³/mol. The summed E-state index contributed by atoms with van der Waals surface area (Å²) in [6.07, 6.45) is 8.96. The van der Waals surface area contributed by atoms with E-state index in [4.69, 9.17) is 0 Å². The molecule has 0 bridgehead atoms. The van der Waals surface area contributed by atoms with E-state index in [0.717, 1.165) is 38.3 Å². The number of halogens is 1. The van der Waals surface area contributed by atoms with Gasteiger partial charge in [-0.1, -0.05) is 36.8 Å². The van der Waals surface area contributed by atoms with Crippen LogP contribution in [0.4, 0.5) is 0 Å². The van der Waals surface area contributed by atoms with Crippen LogP contribution in [0.1, 0.15) is 50.5 Å². The Labute approximate surface area is 152 Å². The summed E-state index contributed by atoms with van der Waals surface area (Å²) in [7, 11) is 0. The van der Waals surface area contributed by atoms with E-state index in [9.17, 15) is 4.79 Å². The summed E-state index contributed by atoms with van der Waals surface area (Å²) in [6, 6.07) is 11.1. The molecule has 0 spiro atoms. The highest BCUT2D eigenvalue weighted by molar-refractivity contribution is 5.85. The van der Waals surface area contributed by atoms with E-state index < -0.39 is 0 Å². The second-order valence-electron chi connectivity index (χ2n) is 7.29. The quantitative estimate of drug-likeness (QED) is 0.821. The van der Waals surface area contributed by atoms with Gasteiger partial charge in [-0.15, -0.1) is 12.4 Å². The number of hydrogen-bond acceptors (Lipinski definition) is 2. The summed E-state index contributed by atoms with van der Waals surface area (Å²) >= 11 is 0. The molecule has 3 rings (SSSR count). The highest BCUT2D eigenvalue weighted by atomic mass is 35.5. The van der Waals surface area contributed by atoms with Crippen LogP contribution < -0.4 is 10.6 Å². The molecule has 4 heteroatoms. The first-order valence-electron chi connectivity index (χ1n) is 9.35. The molecule has 0 aromatic heterocycles. The van der Waals surface area contributed by atoms with Crippen molar-refractivity contribution in [2.45, 2.75) is 57.4 Å². The number of carbonyl (C=O) groups excluding carboxylic acids is 1. The SMILES string of the molecule is Cl.O=C(CCC1CCNCC1)NC1CCCC1Cc1ccccc1. The fraction of sp³-hybridized carbons (Fsp3) is 0.650. The Bertz CT molecular complexity index is 488. The second kappa shape index (κ2) is 10.0. The Morgan fingerprint density at radius 3 is 2.58 bits per heavy atom. The molecule has 1 saturated carbocycles. The van der Waals surface area contributed by atoms with Crippen LogP contribution in [0.15, 0.2) is 30.3 Å². The first kappa shape index (κ1) is 19.3. The highest BCUT2D eigenvalue weighted by Crippen LogP contribution is 2.29. The van der Waals surface area contributed by atoms with Crippen LogP contribution in [0.2, 0.25) is 0 Å². The van der Waals surface area contributed by atoms with Crippen LogP contribution in [-0.2, 0) is 11.2 Å². The molecule has 1 aliphatic carbocycles. The summed E-state index contributed by atoms with van der Waals surface area (Å²) in [4.78, 5) is 12.3. The van der Waals surface area contributed by atoms with E-state index in [0.29, 0.717) is 18.4 Å². The molecule has 2 fully saturated rings. The molecule has 2 aliphatic rings. The van der Waals surface area contributed by atoms with Gasteiger partial charge in [0.2, 0.25) is 5.91 Å². The summed E-state index contributed by atoms with van der Waals surface area (Å²) in [5.41, 5.74) is 1.40. The third-order valence-electron chi connectivity index (χ3n) is 5.58. The van der Waals surface area contributed by atoms with E-state index in [1.807, 2.05) is 0 Å². The van der Waals surface area contributed by atoms with Crippen LogP contribution >= 0.6 is 12.4 Å². The van der Waals surface area contributed by atoms with Crippen LogP contribution in [0.3, 0.4) is 0 Å². The smallest absolute Gasteiger partial charge is 0.220 e. The van der Waals surface area contributed by atoms with E-state index in [2.05, 4.69) is 41.0 Å². The van der Waals surface area contributed by atoms with Crippen LogP contribution in [0.5, 0.6) is 0 Å². The molecule has 24 heavy (non-hydrogen) atoms. The molecular formula is C20H31ClN2O. The van der Waals surface area contributed by atoms with Gasteiger partial charge in [0.25, 0.3) is 0 Å². The van der Waals surface area contributed by atoms with E-state index in [1.54, 1.807) is 0 Å². The number of rotatable bonds is 6. The zero-order valence-electron chi connectivity index (χ0n) is 14.5. The van der Waals surface area contributed by atoms with E-state index >= 15 is 0 Å². The molecule has 0 radical (unpaired) electrons. The molecule has 1 saturated heterocycles. The maximum atomic E-state index is 12.3. The topological polar surface area (TPSA) is 41.1 Å². The van der Waals surface area contributed by atoms with Gasteiger partial charge in [-0.25, -0.2) is 0 Å². The molecule has 1 aromatic rings. The number of hydrogen-bond donors (Lipinski definition) is 2. The largest absolute Gasteiger partial charge is 0.353 e. The lowest BCUT2D eigenvalue weighted by Gasteiger charge is -2.24. The number of piperidine rings is 1. The number of nitrogens with one attached hydrogen (secondary N) is 2. The summed E-state index contributed by atoms with van der Waals surface area (Å²) < 4.78 is 0. The maximum absolute atomic E-state index is 12.3. The zero-order chi connectivity index (χ0) is 15.9. The number of carbonyl (C=O) groups is 1. The lowest BCUT2D eigenvalue weighted by atomic mass is 9.92. The minimum absolute atomic E-state index is 0. The second-order valence-corrected chi connectivity index (χ2v) is 7.29. The predicted octanol–water partition coefficient (Wildman–Crippen LogP) is 3.72. The van der Waals surface area contributed by atoms with Crippen LogP contribution in [-0.4, -0.2) is 25.0 Å². The van der Waals surface area contributed by atoms with E-state index in [-0.39, 0.29) is 18.3 Å². The normalized spacial score (nSPS) is 24.3. The van der Waals surface area contributed by atoms with Crippen molar-refractivity contribution in [2.24, 2.45) is 11.8 Å². The van der Waals surface area contributed by atoms with Crippen molar-refractivity contribution in [2.75, 3.05) is 13.1 Å². The average molecular weight is 351 g/mol. The van der Waals surface area contributed by atoms with Gasteiger partial charge in [0.1, 0.15) is 0 Å². The van der Waals surface area contributed by atoms with Gasteiger partial charge < -0.3 is 10.6 Å². The third kappa shape index (κ3) is 5.78. The van der Waals surface area contributed by atoms with Gasteiger partial charge in [-0.05, 0) is 69.0 Å². The Balaban J connectivity index is 0.00000208. The molecule has 134 valence electrons. The van der Waals surface area contributed by atoms with Crippen molar-refractivity contribution < 1.29 is 4.79 Å². The van der Waals surface area contributed by atoms with Gasteiger partial charge >= 0.3 is 0 Å². The van der Waals surface area contributed by atoms with Gasteiger partial charge in [-0.2, -0.15) is 0 Å². The van der Waals surface area contributed by atoms with Gasteiger partial charge in [0.15, 0.2) is 0 Å². The molecular weight excluding hydrogens is 320 g/mol. The molecule has 1 aliphatic heterocycles. The highest BCUT2D eigenvalue weighted by Gasteiger charge is 2.28. The van der Waals surface area contributed by atoms with Gasteiger partial charge in [0.05, 0.1) is 0 Å². The van der Waals surface area contributed by atoms with Crippen molar-refractivity contribution >= 4 is 18.3 Å².